The molecule has 28 heavy (non-hydrogen) atoms. The lowest BCUT2D eigenvalue weighted by atomic mass is 10.1. The fourth-order valence-corrected chi connectivity index (χ4v) is 3.94. The largest absolute Gasteiger partial charge is 0.313 e. The number of anilines is 1. The molecule has 0 unspecified atom stereocenters. The number of carbonyl (C=O) groups excluding carboxylic acids is 1. The van der Waals surface area contributed by atoms with Gasteiger partial charge in [0, 0.05) is 35.7 Å². The summed E-state index contributed by atoms with van der Waals surface area (Å²) in [7, 11) is 0. The number of non-ortho nitro benzene ring substituents is 1. The van der Waals surface area contributed by atoms with E-state index in [1.165, 1.54) is 24.3 Å². The quantitative estimate of drug-likeness (QED) is 0.355. The first kappa shape index (κ1) is 22.1. The van der Waals surface area contributed by atoms with Crippen molar-refractivity contribution in [2.45, 2.75) is 20.3 Å². The van der Waals surface area contributed by atoms with Gasteiger partial charge in [-0.2, -0.15) is 0 Å². The molecule has 8 heteroatoms. The van der Waals surface area contributed by atoms with E-state index in [-0.39, 0.29) is 35.0 Å². The number of nitrogens with zero attached hydrogens (tertiary/aromatic N) is 3. The molecule has 2 aromatic carbocycles. The first-order chi connectivity index (χ1) is 13.0. The van der Waals surface area contributed by atoms with E-state index in [4.69, 9.17) is 0 Å². The molecule has 1 heterocycles. The summed E-state index contributed by atoms with van der Waals surface area (Å²) >= 11 is 1.66. The average Bonchev–Trinajstić information content (AvgIpc) is 2.67. The van der Waals surface area contributed by atoms with Gasteiger partial charge < -0.3 is 4.90 Å². The van der Waals surface area contributed by atoms with Crippen LogP contribution in [0.25, 0.3) is 0 Å². The van der Waals surface area contributed by atoms with Gasteiger partial charge in [0.05, 0.1) is 11.5 Å². The number of thioether (sulfide) groups is 1. The van der Waals surface area contributed by atoms with Crippen molar-refractivity contribution in [3.8, 4) is 0 Å². The van der Waals surface area contributed by atoms with E-state index in [1.54, 1.807) is 11.8 Å². The van der Waals surface area contributed by atoms with Crippen LogP contribution >= 0.6 is 28.7 Å². The Bertz CT molecular complexity index is 900. The summed E-state index contributed by atoms with van der Waals surface area (Å²) in [6.45, 7) is 4.97. The molecule has 0 spiro atoms. The Hall–Kier alpha value is -2.19. The molecule has 2 aromatic rings. The van der Waals surface area contributed by atoms with Crippen LogP contribution in [0.5, 0.6) is 0 Å². The average molecular weight is 464 g/mol. The minimum Gasteiger partial charge on any atom is -0.313 e. The highest BCUT2D eigenvalue weighted by Crippen LogP contribution is 2.27. The second kappa shape index (κ2) is 9.84. The van der Waals surface area contributed by atoms with Crippen molar-refractivity contribution in [1.82, 2.24) is 0 Å². The van der Waals surface area contributed by atoms with E-state index in [9.17, 15) is 14.9 Å². The van der Waals surface area contributed by atoms with E-state index in [0.717, 1.165) is 40.7 Å². The van der Waals surface area contributed by atoms with Crippen molar-refractivity contribution in [1.29, 1.82) is 0 Å². The van der Waals surface area contributed by atoms with Gasteiger partial charge in [-0.25, -0.2) is 0 Å². The number of carbonyl (C=O) groups is 1. The Labute approximate surface area is 179 Å². The van der Waals surface area contributed by atoms with Gasteiger partial charge in [-0.3, -0.25) is 19.9 Å². The minimum absolute atomic E-state index is 0. The molecule has 0 fully saturated rings. The van der Waals surface area contributed by atoms with Crippen LogP contribution < -0.4 is 4.90 Å². The van der Waals surface area contributed by atoms with Crippen molar-refractivity contribution in [2.24, 2.45) is 4.99 Å². The van der Waals surface area contributed by atoms with E-state index >= 15 is 0 Å². The highest BCUT2D eigenvalue weighted by Gasteiger charge is 2.22. The summed E-state index contributed by atoms with van der Waals surface area (Å²) in [6.07, 6.45) is 1.03. The lowest BCUT2D eigenvalue weighted by Crippen LogP contribution is -2.36. The third-order valence-corrected chi connectivity index (χ3v) is 5.46. The predicted octanol–water partition coefficient (Wildman–Crippen LogP) is 4.97. The van der Waals surface area contributed by atoms with Crippen LogP contribution in [-0.4, -0.2) is 34.7 Å². The van der Waals surface area contributed by atoms with Crippen LogP contribution in [-0.2, 0) is 0 Å². The first-order valence-corrected chi connectivity index (χ1v) is 9.74. The number of halogens is 1. The van der Waals surface area contributed by atoms with Gasteiger partial charge in [-0.05, 0) is 44.0 Å². The van der Waals surface area contributed by atoms with Crippen molar-refractivity contribution in [3.63, 3.8) is 0 Å². The lowest BCUT2D eigenvalue weighted by Gasteiger charge is -2.28. The van der Waals surface area contributed by atoms with Crippen molar-refractivity contribution >= 4 is 51.1 Å². The first-order valence-electron chi connectivity index (χ1n) is 8.75. The van der Waals surface area contributed by atoms with E-state index < -0.39 is 4.92 Å². The molecule has 0 amide bonds. The van der Waals surface area contributed by atoms with Crippen LogP contribution in [0.2, 0.25) is 0 Å². The molecule has 6 nitrogen and oxygen atoms in total. The van der Waals surface area contributed by atoms with Gasteiger partial charge in [0.25, 0.3) is 5.69 Å². The summed E-state index contributed by atoms with van der Waals surface area (Å²) in [6, 6.07) is 11.9. The maximum Gasteiger partial charge on any atom is 0.269 e. The fourth-order valence-electron chi connectivity index (χ4n) is 2.98. The standard InChI is InChI=1S/C20H21N3O3S.BrH/c1-14-4-9-18(15(2)12-14)22(20-21-10-3-11-27-20)13-19(24)16-5-7-17(8-6-16)23(25)26;/h4-9,12H,3,10-11,13H2,1-2H3;1H. The molecule has 0 radical (unpaired) electrons. The van der Waals surface area contributed by atoms with Crippen LogP contribution in [0.3, 0.4) is 0 Å². The summed E-state index contributed by atoms with van der Waals surface area (Å²) in [4.78, 5) is 29.8. The van der Waals surface area contributed by atoms with Crippen LogP contribution in [0, 0.1) is 24.0 Å². The van der Waals surface area contributed by atoms with Gasteiger partial charge in [-0.1, -0.05) is 29.5 Å². The zero-order valence-electron chi connectivity index (χ0n) is 15.8. The van der Waals surface area contributed by atoms with E-state index in [1.807, 2.05) is 30.9 Å². The fraction of sp³-hybridized carbons (Fsp3) is 0.300. The molecule has 0 aliphatic carbocycles. The Morgan fingerprint density at radius 2 is 1.93 bits per heavy atom. The number of aliphatic imine (C=N–C) groups is 1. The van der Waals surface area contributed by atoms with Gasteiger partial charge >= 0.3 is 0 Å². The second-order valence-electron chi connectivity index (χ2n) is 6.47. The van der Waals surface area contributed by atoms with Gasteiger partial charge in [0.2, 0.25) is 0 Å². The number of hydrogen-bond donors (Lipinski definition) is 0. The monoisotopic (exact) mass is 463 g/mol. The summed E-state index contributed by atoms with van der Waals surface area (Å²) in [5.74, 6) is 0.880. The smallest absolute Gasteiger partial charge is 0.269 e. The normalized spacial score (nSPS) is 13.3. The Morgan fingerprint density at radius 3 is 2.50 bits per heavy atom. The van der Waals surface area contributed by atoms with Crippen molar-refractivity contribution < 1.29 is 9.72 Å². The van der Waals surface area contributed by atoms with Crippen LogP contribution in [0.1, 0.15) is 27.9 Å². The Balaban J connectivity index is 0.00000280. The molecule has 0 saturated carbocycles. The minimum atomic E-state index is -0.469. The molecule has 0 bridgehead atoms. The molecule has 1 aliphatic rings. The number of amidine groups is 1. The molecule has 0 aromatic heterocycles. The summed E-state index contributed by atoms with van der Waals surface area (Å²) in [5.41, 5.74) is 3.64. The highest BCUT2D eigenvalue weighted by atomic mass is 79.9. The molecule has 1 aliphatic heterocycles. The van der Waals surface area contributed by atoms with Crippen molar-refractivity contribution in [3.05, 3.63) is 69.3 Å². The number of nitro benzene ring substituents is 1. The molecule has 148 valence electrons. The topological polar surface area (TPSA) is 75.8 Å². The Kier molecular flexibility index (Phi) is 7.77. The SMILES string of the molecule is Br.Cc1ccc(N(CC(=O)c2ccc([N+](=O)[O-])cc2)C2=NCCCS2)c(C)c1. The summed E-state index contributed by atoms with van der Waals surface area (Å²) in [5, 5.41) is 11.7. The molecular weight excluding hydrogens is 442 g/mol. The van der Waals surface area contributed by atoms with Crippen molar-refractivity contribution in [2.75, 3.05) is 23.7 Å². The zero-order valence-corrected chi connectivity index (χ0v) is 18.3. The molecule has 3 rings (SSSR count). The lowest BCUT2D eigenvalue weighted by molar-refractivity contribution is -0.384. The molecular formula is C20H22BrN3O3S. The number of Topliss-reactive ketones (excluding diaryl/α,β-unsaturated/α-hetero) is 1. The second-order valence-corrected chi connectivity index (χ2v) is 7.53. The van der Waals surface area contributed by atoms with Crippen LogP contribution in [0.15, 0.2) is 47.5 Å². The zero-order chi connectivity index (χ0) is 19.4. The van der Waals surface area contributed by atoms with Gasteiger partial charge in [-0.15, -0.1) is 17.0 Å². The highest BCUT2D eigenvalue weighted by molar-refractivity contribution is 8.93. The Morgan fingerprint density at radius 1 is 1.21 bits per heavy atom. The third-order valence-electron chi connectivity index (χ3n) is 4.36. The third kappa shape index (κ3) is 5.20. The molecule has 0 N–H and O–H groups in total. The van der Waals surface area contributed by atoms with E-state index in [0.29, 0.717) is 5.56 Å². The number of nitro groups is 1. The number of hydrogen-bond acceptors (Lipinski definition) is 6. The number of benzene rings is 2. The van der Waals surface area contributed by atoms with Crippen LogP contribution in [0.4, 0.5) is 11.4 Å². The number of ketones is 1. The van der Waals surface area contributed by atoms with Gasteiger partial charge in [0.1, 0.15) is 0 Å². The summed E-state index contributed by atoms with van der Waals surface area (Å²) < 4.78 is 0. The van der Waals surface area contributed by atoms with E-state index in [2.05, 4.69) is 11.1 Å². The maximum absolute atomic E-state index is 12.9. The van der Waals surface area contributed by atoms with Gasteiger partial charge in [0.15, 0.2) is 11.0 Å². The molecule has 0 saturated heterocycles. The predicted molar refractivity (Wildman–Crippen MR) is 120 cm³/mol. The number of rotatable bonds is 5. The maximum atomic E-state index is 12.9. The number of aryl methyl sites for hydroxylation is 2. The molecule has 0 atom stereocenters.